The minimum Gasteiger partial charge on any atom is -0.481 e. The molecule has 0 N–H and O–H groups in total. The Kier molecular flexibility index (Phi) is 4.34. The van der Waals surface area contributed by atoms with E-state index in [0.717, 1.165) is 0 Å². The zero-order valence-corrected chi connectivity index (χ0v) is 11.2. The Morgan fingerprint density at radius 3 is 2.41 bits per heavy atom. The summed E-state index contributed by atoms with van der Waals surface area (Å²) in [6.07, 6.45) is 0. The van der Waals surface area contributed by atoms with E-state index in [4.69, 9.17) is 15.4 Å². The fourth-order valence-electron chi connectivity index (χ4n) is 0.997. The van der Waals surface area contributed by atoms with E-state index in [1.807, 2.05) is 0 Å². The predicted octanol–water partition coefficient (Wildman–Crippen LogP) is 0.432. The van der Waals surface area contributed by atoms with Gasteiger partial charge in [-0.15, -0.1) is 0 Å². The lowest BCUT2D eigenvalue weighted by Crippen LogP contribution is -2.15. The first-order chi connectivity index (χ1) is 7.74. The molecule has 0 aliphatic carbocycles. The average Bonchev–Trinajstić information content (AvgIpc) is 2.26. The van der Waals surface area contributed by atoms with Crippen molar-refractivity contribution >= 4 is 29.6 Å². The monoisotopic (exact) mass is 299 g/mol. The van der Waals surface area contributed by atoms with Gasteiger partial charge in [0.25, 0.3) is 0 Å². The van der Waals surface area contributed by atoms with Crippen LogP contribution in [0.3, 0.4) is 0 Å². The van der Waals surface area contributed by atoms with E-state index >= 15 is 0 Å². The van der Waals surface area contributed by atoms with E-state index in [-0.39, 0.29) is 10.9 Å². The van der Waals surface area contributed by atoms with Gasteiger partial charge in [-0.3, -0.25) is 0 Å². The molecule has 0 atom stereocenters. The molecule has 0 aromatic carbocycles. The van der Waals surface area contributed by atoms with Gasteiger partial charge in [0.15, 0.2) is 14.9 Å². The van der Waals surface area contributed by atoms with Gasteiger partial charge < -0.3 is 4.74 Å². The van der Waals surface area contributed by atoms with E-state index in [1.165, 1.54) is 25.3 Å². The van der Waals surface area contributed by atoms with Crippen LogP contribution in [0.15, 0.2) is 23.2 Å². The highest BCUT2D eigenvalue weighted by Gasteiger charge is 2.20. The second kappa shape index (κ2) is 5.19. The number of hydrogen-bond acceptors (Lipinski definition) is 6. The highest BCUT2D eigenvalue weighted by Crippen LogP contribution is 2.14. The first-order valence-electron chi connectivity index (χ1n) is 4.41. The normalized spacial score (nSPS) is 12.4. The summed E-state index contributed by atoms with van der Waals surface area (Å²) in [5.74, 6) is -1.13. The molecule has 0 saturated heterocycles. The van der Waals surface area contributed by atoms with Crippen LogP contribution in [0.2, 0.25) is 0 Å². The van der Waals surface area contributed by atoms with Crippen LogP contribution in [0.4, 0.5) is 0 Å². The third kappa shape index (κ3) is 4.49. The molecule has 6 nitrogen and oxygen atoms in total. The zero-order chi connectivity index (χ0) is 13.1. The van der Waals surface area contributed by atoms with Crippen LogP contribution in [-0.2, 0) is 18.9 Å². The molecular weight excluding hydrogens is 290 g/mol. The van der Waals surface area contributed by atoms with Crippen LogP contribution < -0.4 is 4.74 Å². The molecule has 0 unspecified atom stereocenters. The number of sulfone groups is 1. The maximum Gasteiger partial charge on any atom is 0.233 e. The first-order valence-corrected chi connectivity index (χ1v) is 8.54. The second-order valence-corrected chi connectivity index (χ2v) is 8.03. The first kappa shape index (κ1) is 14.2. The van der Waals surface area contributed by atoms with Gasteiger partial charge in [0, 0.05) is 16.7 Å². The standard InChI is InChI=1S/C8H10ClNO5S2/c1-15-7-3-2-4-8(10-7)16(11,12)5-6-17(9,13)14/h2-4H,5-6H2,1H3. The van der Waals surface area contributed by atoms with Crippen molar-refractivity contribution < 1.29 is 21.6 Å². The van der Waals surface area contributed by atoms with Crippen molar-refractivity contribution in [3.05, 3.63) is 18.2 Å². The largest absolute Gasteiger partial charge is 0.481 e. The maximum atomic E-state index is 11.7. The zero-order valence-electron chi connectivity index (χ0n) is 8.83. The molecule has 1 aromatic heterocycles. The van der Waals surface area contributed by atoms with Crippen molar-refractivity contribution in [3.63, 3.8) is 0 Å². The molecule has 0 aliphatic rings. The Morgan fingerprint density at radius 1 is 1.24 bits per heavy atom. The summed E-state index contributed by atoms with van der Waals surface area (Å²) in [4.78, 5) is 3.72. The van der Waals surface area contributed by atoms with Crippen LogP contribution in [0.5, 0.6) is 5.88 Å². The summed E-state index contributed by atoms with van der Waals surface area (Å²) < 4.78 is 49.6. The third-order valence-electron chi connectivity index (χ3n) is 1.82. The van der Waals surface area contributed by atoms with Crippen molar-refractivity contribution in [1.82, 2.24) is 4.98 Å². The topological polar surface area (TPSA) is 90.4 Å². The van der Waals surface area contributed by atoms with Crippen LogP contribution >= 0.6 is 10.7 Å². The molecule has 0 aliphatic heterocycles. The minimum atomic E-state index is -3.85. The summed E-state index contributed by atoms with van der Waals surface area (Å²) >= 11 is 0. The molecule has 0 fully saturated rings. The van der Waals surface area contributed by atoms with Crippen LogP contribution in [0.1, 0.15) is 0 Å². The van der Waals surface area contributed by atoms with Crippen molar-refractivity contribution in [3.8, 4) is 5.88 Å². The molecule has 0 amide bonds. The summed E-state index contributed by atoms with van der Waals surface area (Å²) in [6, 6.07) is 4.20. The number of ether oxygens (including phenoxy) is 1. The second-order valence-electron chi connectivity index (χ2n) is 3.08. The molecule has 0 bridgehead atoms. The number of halogens is 1. The van der Waals surface area contributed by atoms with Gasteiger partial charge in [-0.25, -0.2) is 21.8 Å². The van der Waals surface area contributed by atoms with Gasteiger partial charge in [0.2, 0.25) is 14.9 Å². The highest BCUT2D eigenvalue weighted by atomic mass is 35.7. The molecule has 1 heterocycles. The third-order valence-corrected chi connectivity index (χ3v) is 4.84. The average molecular weight is 300 g/mol. The van der Waals surface area contributed by atoms with Gasteiger partial charge in [-0.05, 0) is 6.07 Å². The van der Waals surface area contributed by atoms with E-state index in [1.54, 1.807) is 0 Å². The van der Waals surface area contributed by atoms with Crippen molar-refractivity contribution in [1.29, 1.82) is 0 Å². The van der Waals surface area contributed by atoms with Gasteiger partial charge >= 0.3 is 0 Å². The Bertz CT molecular complexity index is 596. The Morgan fingerprint density at radius 2 is 1.88 bits per heavy atom. The number of nitrogens with zero attached hydrogens (tertiary/aromatic N) is 1. The van der Waals surface area contributed by atoms with Crippen LogP contribution in [0.25, 0.3) is 0 Å². The van der Waals surface area contributed by atoms with Crippen molar-refractivity contribution in [2.45, 2.75) is 5.03 Å². The molecule has 1 rings (SSSR count). The van der Waals surface area contributed by atoms with E-state index in [0.29, 0.717) is 0 Å². The summed E-state index contributed by atoms with van der Waals surface area (Å²) in [7, 11) is -1.33. The van der Waals surface area contributed by atoms with E-state index in [9.17, 15) is 16.8 Å². The minimum absolute atomic E-state index is 0.139. The lowest BCUT2D eigenvalue weighted by molar-refractivity contribution is 0.393. The number of pyridine rings is 1. The Hall–Kier alpha value is -0.860. The fraction of sp³-hybridized carbons (Fsp3) is 0.375. The maximum absolute atomic E-state index is 11.7. The molecule has 96 valence electrons. The SMILES string of the molecule is COc1cccc(S(=O)(=O)CCS(=O)(=O)Cl)n1. The lowest BCUT2D eigenvalue weighted by atomic mass is 10.5. The smallest absolute Gasteiger partial charge is 0.233 e. The van der Waals surface area contributed by atoms with Gasteiger partial charge in [0.1, 0.15) is 0 Å². The summed E-state index contributed by atoms with van der Waals surface area (Å²) in [5, 5.41) is -0.239. The van der Waals surface area contributed by atoms with Crippen LogP contribution in [-0.4, -0.2) is 40.4 Å². The molecule has 0 saturated carbocycles. The Balaban J connectivity index is 2.97. The summed E-state index contributed by atoms with van der Waals surface area (Å²) in [5.41, 5.74) is 0. The lowest BCUT2D eigenvalue weighted by Gasteiger charge is -2.04. The fourth-order valence-corrected chi connectivity index (χ4v) is 3.96. The number of aromatic nitrogens is 1. The van der Waals surface area contributed by atoms with Crippen LogP contribution in [0, 0.1) is 0 Å². The molecule has 0 radical (unpaired) electrons. The van der Waals surface area contributed by atoms with E-state index in [2.05, 4.69) is 4.98 Å². The van der Waals surface area contributed by atoms with Gasteiger partial charge in [-0.1, -0.05) is 6.07 Å². The van der Waals surface area contributed by atoms with Gasteiger partial charge in [-0.2, -0.15) is 0 Å². The molecule has 0 spiro atoms. The number of rotatable bonds is 5. The number of methoxy groups -OCH3 is 1. The van der Waals surface area contributed by atoms with E-state index < -0.39 is 30.4 Å². The number of hydrogen-bond donors (Lipinski definition) is 0. The molecular formula is C8H10ClNO5S2. The molecule has 1 aromatic rings. The predicted molar refractivity (Wildman–Crippen MR) is 62.5 cm³/mol. The Labute approximate surface area is 104 Å². The van der Waals surface area contributed by atoms with Crippen molar-refractivity contribution in [2.24, 2.45) is 0 Å². The molecule has 9 heteroatoms. The molecule has 17 heavy (non-hydrogen) atoms. The van der Waals surface area contributed by atoms with Crippen molar-refractivity contribution in [2.75, 3.05) is 18.6 Å². The summed E-state index contributed by atoms with van der Waals surface area (Å²) in [6.45, 7) is 0. The van der Waals surface area contributed by atoms with Gasteiger partial charge in [0.05, 0.1) is 18.6 Å². The quantitative estimate of drug-likeness (QED) is 0.732. The highest BCUT2D eigenvalue weighted by molar-refractivity contribution is 8.14.